The van der Waals surface area contributed by atoms with E-state index in [2.05, 4.69) is 141 Å². The van der Waals surface area contributed by atoms with E-state index in [4.69, 9.17) is 9.98 Å². The molecule has 200 valence electrons. The van der Waals surface area contributed by atoms with Crippen LogP contribution >= 0.6 is 36.2 Å². The van der Waals surface area contributed by atoms with Crippen molar-refractivity contribution in [2.24, 2.45) is 9.98 Å². The van der Waals surface area contributed by atoms with Gasteiger partial charge in [-0.25, -0.2) is 9.98 Å². The van der Waals surface area contributed by atoms with Crippen molar-refractivity contribution in [3.63, 3.8) is 0 Å². The minimum absolute atomic E-state index is 0.942. The molecule has 0 aliphatic carbocycles. The van der Waals surface area contributed by atoms with Crippen LogP contribution in [0.25, 0.3) is 33.0 Å². The molecular formula is C37H24N2S3. The average Bonchev–Trinajstić information content (AvgIpc) is 3.04. The maximum atomic E-state index is 5.38. The maximum absolute atomic E-state index is 5.38. The summed E-state index contributed by atoms with van der Waals surface area (Å²) in [6.45, 7) is 2.13. The van der Waals surface area contributed by atoms with Crippen LogP contribution in [-0.2, 0) is 0 Å². The summed E-state index contributed by atoms with van der Waals surface area (Å²) in [4.78, 5) is 14.1. The van der Waals surface area contributed by atoms with Gasteiger partial charge in [-0.05, 0) is 42.3 Å². The zero-order valence-electron chi connectivity index (χ0n) is 22.7. The third kappa shape index (κ3) is 4.40. The Morgan fingerprint density at radius 3 is 1.38 bits per heavy atom. The van der Waals surface area contributed by atoms with Gasteiger partial charge in [0.05, 0.1) is 11.4 Å². The fourth-order valence-electron chi connectivity index (χ4n) is 5.60. The van der Waals surface area contributed by atoms with Gasteiger partial charge in [0, 0.05) is 47.7 Å². The van der Waals surface area contributed by atoms with Gasteiger partial charge in [-0.2, -0.15) is 0 Å². The second-order valence-electron chi connectivity index (χ2n) is 10.5. The molecule has 0 amide bonds. The Balaban J connectivity index is 1.48. The molecule has 0 radical (unpaired) electrons. The van der Waals surface area contributed by atoms with Gasteiger partial charge < -0.3 is 0 Å². The zero-order valence-corrected chi connectivity index (χ0v) is 25.2. The Morgan fingerprint density at radius 1 is 0.500 bits per heavy atom. The predicted octanol–water partition coefficient (Wildman–Crippen LogP) is 11.1. The molecule has 0 unspecified atom stereocenters. The van der Waals surface area contributed by atoms with E-state index in [9.17, 15) is 0 Å². The Kier molecular flexibility index (Phi) is 6.33. The molecule has 2 aliphatic rings. The van der Waals surface area contributed by atoms with Gasteiger partial charge >= 0.3 is 0 Å². The highest BCUT2D eigenvalue weighted by atomic mass is 32.2. The number of thiol groups is 1. The highest BCUT2D eigenvalue weighted by Gasteiger charge is 2.30. The predicted molar refractivity (Wildman–Crippen MR) is 184 cm³/mol. The molecule has 6 aromatic carbocycles. The lowest BCUT2D eigenvalue weighted by Crippen LogP contribution is -2.05. The number of aliphatic imine (C=N–C) groups is 2. The highest BCUT2D eigenvalue weighted by molar-refractivity contribution is 8.15. The topological polar surface area (TPSA) is 24.7 Å². The quantitative estimate of drug-likeness (QED) is 0.206. The number of rotatable bonds is 4. The van der Waals surface area contributed by atoms with E-state index in [0.29, 0.717) is 0 Å². The lowest BCUT2D eigenvalue weighted by molar-refractivity contribution is 1.38. The minimum atomic E-state index is 0.942. The van der Waals surface area contributed by atoms with E-state index in [1.165, 1.54) is 31.7 Å². The van der Waals surface area contributed by atoms with Gasteiger partial charge in [0.2, 0.25) is 0 Å². The lowest BCUT2D eigenvalue weighted by Gasteiger charge is -2.27. The van der Waals surface area contributed by atoms with E-state index >= 15 is 0 Å². The van der Waals surface area contributed by atoms with Crippen LogP contribution in [0.5, 0.6) is 0 Å². The molecule has 0 saturated heterocycles. The van der Waals surface area contributed by atoms with Crippen LogP contribution in [0.2, 0.25) is 0 Å². The van der Waals surface area contributed by atoms with Gasteiger partial charge in [0.25, 0.3) is 0 Å². The zero-order chi connectivity index (χ0) is 28.2. The van der Waals surface area contributed by atoms with Gasteiger partial charge in [0.15, 0.2) is 0 Å². The SMILES string of the molecule is Cc1ccc(-c2cc3c4c(c(-c5ccc(S)cc5)cc5c4c2N=C(c2ccccc2)S5)N=C(c2ccccc2)S3)cc1. The van der Waals surface area contributed by atoms with Crippen molar-refractivity contribution in [3.8, 4) is 22.3 Å². The molecule has 0 saturated carbocycles. The third-order valence-electron chi connectivity index (χ3n) is 7.70. The van der Waals surface area contributed by atoms with E-state index in [-0.39, 0.29) is 0 Å². The smallest absolute Gasteiger partial charge is 0.109 e. The molecule has 0 atom stereocenters. The van der Waals surface area contributed by atoms with Crippen molar-refractivity contribution in [3.05, 3.63) is 138 Å². The Labute approximate surface area is 259 Å². The molecule has 2 heterocycles. The fraction of sp³-hybridized carbons (Fsp3) is 0.0270. The van der Waals surface area contributed by atoms with Crippen molar-refractivity contribution in [1.29, 1.82) is 0 Å². The first-order valence-corrected chi connectivity index (χ1v) is 15.9. The number of hydrogen-bond acceptors (Lipinski definition) is 5. The number of hydrogen-bond donors (Lipinski definition) is 1. The molecule has 6 aromatic rings. The summed E-state index contributed by atoms with van der Waals surface area (Å²) in [5.41, 5.74) is 10.1. The molecule has 0 aromatic heterocycles. The van der Waals surface area contributed by atoms with Crippen molar-refractivity contribution < 1.29 is 0 Å². The first-order valence-electron chi connectivity index (χ1n) is 13.8. The van der Waals surface area contributed by atoms with E-state index in [0.717, 1.165) is 54.2 Å². The van der Waals surface area contributed by atoms with Crippen molar-refractivity contribution in [2.45, 2.75) is 21.6 Å². The van der Waals surface area contributed by atoms with Gasteiger partial charge in [-0.1, -0.05) is 126 Å². The maximum Gasteiger partial charge on any atom is 0.109 e. The molecule has 5 heteroatoms. The number of thioether (sulfide) groups is 2. The summed E-state index contributed by atoms with van der Waals surface area (Å²) in [5, 5.41) is 4.37. The first-order chi connectivity index (χ1) is 20.6. The van der Waals surface area contributed by atoms with Crippen LogP contribution in [0.3, 0.4) is 0 Å². The molecule has 2 aliphatic heterocycles. The highest BCUT2D eigenvalue weighted by Crippen LogP contribution is 2.56. The minimum Gasteiger partial charge on any atom is -0.240 e. The Morgan fingerprint density at radius 2 is 0.929 bits per heavy atom. The van der Waals surface area contributed by atoms with Crippen LogP contribution in [0, 0.1) is 6.92 Å². The molecule has 0 N–H and O–H groups in total. The lowest BCUT2D eigenvalue weighted by atomic mass is 9.93. The molecule has 0 spiro atoms. The van der Waals surface area contributed by atoms with E-state index < -0.39 is 0 Å². The standard InChI is InChI=1S/C37H24N2S3/c1-22-12-14-23(15-13-22)28-20-30-33-32-31(42-36(38-34(28)32)25-8-4-2-5-9-25)21-29(24-16-18-27(40)19-17-24)35(33)39-37(41-30)26-10-6-3-7-11-26/h2-21,40H,1H3. The van der Waals surface area contributed by atoms with Gasteiger partial charge in [-0.15, -0.1) is 12.6 Å². The Bertz CT molecular complexity index is 1910. The van der Waals surface area contributed by atoms with E-state index in [1.807, 2.05) is 0 Å². The second kappa shape index (κ2) is 10.4. The van der Waals surface area contributed by atoms with Gasteiger partial charge in [0.1, 0.15) is 10.1 Å². The summed E-state index contributed by atoms with van der Waals surface area (Å²) in [7, 11) is 0. The largest absolute Gasteiger partial charge is 0.240 e. The number of aryl methyl sites for hydroxylation is 1. The molecule has 42 heavy (non-hydrogen) atoms. The molecule has 0 fully saturated rings. The fourth-order valence-corrected chi connectivity index (χ4v) is 7.90. The van der Waals surface area contributed by atoms with Crippen molar-refractivity contribution in [1.82, 2.24) is 0 Å². The number of benzene rings is 6. The van der Waals surface area contributed by atoms with Crippen LogP contribution in [0.1, 0.15) is 16.7 Å². The summed E-state index contributed by atoms with van der Waals surface area (Å²) in [6, 6.07) is 42.8. The van der Waals surface area contributed by atoms with Crippen LogP contribution in [0.15, 0.2) is 146 Å². The number of nitrogens with zero attached hydrogens (tertiary/aromatic N) is 2. The molecule has 2 nitrogen and oxygen atoms in total. The Hall–Kier alpha value is -4.03. The van der Waals surface area contributed by atoms with Crippen LogP contribution in [0.4, 0.5) is 11.4 Å². The summed E-state index contributed by atoms with van der Waals surface area (Å²) in [6.07, 6.45) is 0. The molecule has 0 bridgehead atoms. The molecular weight excluding hydrogens is 569 g/mol. The van der Waals surface area contributed by atoms with Crippen LogP contribution in [-0.4, -0.2) is 10.1 Å². The monoisotopic (exact) mass is 592 g/mol. The van der Waals surface area contributed by atoms with Crippen molar-refractivity contribution in [2.75, 3.05) is 0 Å². The average molecular weight is 593 g/mol. The van der Waals surface area contributed by atoms with Crippen LogP contribution < -0.4 is 0 Å². The summed E-state index contributed by atoms with van der Waals surface area (Å²) in [5.74, 6) is 0. The normalized spacial score (nSPS) is 13.6. The molecule has 8 rings (SSSR count). The summed E-state index contributed by atoms with van der Waals surface area (Å²) < 4.78 is 0. The summed E-state index contributed by atoms with van der Waals surface area (Å²) >= 11 is 8.05. The first kappa shape index (κ1) is 25.7. The van der Waals surface area contributed by atoms with E-state index in [1.54, 1.807) is 23.5 Å². The van der Waals surface area contributed by atoms with Crippen molar-refractivity contribution >= 4 is 68.4 Å². The second-order valence-corrected chi connectivity index (χ2v) is 13.1. The van der Waals surface area contributed by atoms with Gasteiger partial charge in [-0.3, -0.25) is 0 Å². The third-order valence-corrected chi connectivity index (χ3v) is 10.1.